The minimum absolute atomic E-state index is 0.00283. The molecule has 1 atom stereocenters. The minimum atomic E-state index is -0.0452. The molecular formula is C24H27N3O3. The number of hydrogen-bond acceptors (Lipinski definition) is 4. The largest absolute Gasteiger partial charge is 0.370 e. The van der Waals surface area contributed by atoms with Crippen LogP contribution in [0.15, 0.2) is 65.7 Å². The number of unbranched alkanes of at least 4 members (excludes halogenated alkanes) is 2. The molecule has 1 saturated heterocycles. The molecule has 2 heterocycles. The first-order valence-electron chi connectivity index (χ1n) is 10.6. The summed E-state index contributed by atoms with van der Waals surface area (Å²) in [6.45, 7) is 2.46. The molecule has 0 bridgehead atoms. The molecule has 6 heteroatoms. The van der Waals surface area contributed by atoms with Gasteiger partial charge in [0.2, 0.25) is 5.91 Å². The number of rotatable bonds is 7. The van der Waals surface area contributed by atoms with Crippen LogP contribution in [-0.2, 0) is 16.1 Å². The number of nitrogens with zero attached hydrogens (tertiary/aromatic N) is 3. The van der Waals surface area contributed by atoms with Gasteiger partial charge in [0.1, 0.15) is 6.10 Å². The SMILES string of the molecule is O=C(CCCCCn1cnc2ccccc2c1=O)N1CCOC(c2ccccc2)C1. The van der Waals surface area contributed by atoms with Crippen LogP contribution in [0.5, 0.6) is 0 Å². The molecule has 0 saturated carbocycles. The van der Waals surface area contributed by atoms with Crippen LogP contribution in [0.4, 0.5) is 0 Å². The van der Waals surface area contributed by atoms with Gasteiger partial charge in [0, 0.05) is 19.5 Å². The fraction of sp³-hybridized carbons (Fsp3) is 0.375. The van der Waals surface area contributed by atoms with E-state index in [1.165, 1.54) is 0 Å². The van der Waals surface area contributed by atoms with Crippen LogP contribution in [0.3, 0.4) is 0 Å². The molecule has 1 aliphatic heterocycles. The predicted octanol–water partition coefficient (Wildman–Crippen LogP) is 3.56. The van der Waals surface area contributed by atoms with Crippen LogP contribution < -0.4 is 5.56 Å². The number of amides is 1. The summed E-state index contributed by atoms with van der Waals surface area (Å²) in [6.07, 6.45) is 4.68. The first-order chi connectivity index (χ1) is 14.7. The standard InChI is InChI=1S/C24H27N3O3/c28-23(26-15-16-30-22(17-26)19-9-3-1-4-10-19)13-5-2-8-14-27-18-25-21-12-7-6-11-20(21)24(27)29/h1,3-4,6-7,9-12,18,22H,2,5,8,13-17H2. The van der Waals surface area contributed by atoms with Crippen LogP contribution >= 0.6 is 0 Å². The van der Waals surface area contributed by atoms with E-state index in [1.807, 2.05) is 59.5 Å². The van der Waals surface area contributed by atoms with Crippen molar-refractivity contribution < 1.29 is 9.53 Å². The predicted molar refractivity (Wildman–Crippen MR) is 116 cm³/mol. The van der Waals surface area contributed by atoms with Crippen molar-refractivity contribution in [2.45, 2.75) is 38.3 Å². The van der Waals surface area contributed by atoms with Gasteiger partial charge in [0.15, 0.2) is 0 Å². The van der Waals surface area contributed by atoms with Gasteiger partial charge in [-0.3, -0.25) is 14.2 Å². The lowest BCUT2D eigenvalue weighted by Crippen LogP contribution is -2.42. The topological polar surface area (TPSA) is 64.4 Å². The number of ether oxygens (including phenoxy) is 1. The van der Waals surface area contributed by atoms with Gasteiger partial charge < -0.3 is 9.64 Å². The molecule has 1 fully saturated rings. The Kier molecular flexibility index (Phi) is 6.54. The lowest BCUT2D eigenvalue weighted by Gasteiger charge is -2.33. The third-order valence-corrected chi connectivity index (χ3v) is 5.61. The Morgan fingerprint density at radius 2 is 1.83 bits per heavy atom. The number of benzene rings is 2. The second kappa shape index (κ2) is 9.67. The van der Waals surface area contributed by atoms with Crippen LogP contribution in [0.25, 0.3) is 10.9 Å². The Morgan fingerprint density at radius 1 is 1.03 bits per heavy atom. The monoisotopic (exact) mass is 405 g/mol. The molecule has 0 aliphatic carbocycles. The number of carbonyl (C=O) groups excluding carboxylic acids is 1. The lowest BCUT2D eigenvalue weighted by atomic mass is 10.1. The fourth-order valence-electron chi connectivity index (χ4n) is 3.90. The first-order valence-corrected chi connectivity index (χ1v) is 10.6. The number of fused-ring (bicyclic) bond motifs is 1. The number of aromatic nitrogens is 2. The molecule has 156 valence electrons. The third-order valence-electron chi connectivity index (χ3n) is 5.61. The van der Waals surface area contributed by atoms with E-state index in [0.29, 0.717) is 38.0 Å². The third kappa shape index (κ3) is 4.76. The van der Waals surface area contributed by atoms with E-state index >= 15 is 0 Å². The molecule has 2 aromatic carbocycles. The summed E-state index contributed by atoms with van der Waals surface area (Å²) in [5.41, 5.74) is 1.84. The van der Waals surface area contributed by atoms with E-state index in [1.54, 1.807) is 10.9 Å². The second-order valence-electron chi connectivity index (χ2n) is 7.68. The normalized spacial score (nSPS) is 16.7. The van der Waals surface area contributed by atoms with Gasteiger partial charge >= 0.3 is 0 Å². The number of carbonyl (C=O) groups is 1. The van der Waals surface area contributed by atoms with Crippen molar-refractivity contribution in [3.8, 4) is 0 Å². The number of para-hydroxylation sites is 1. The van der Waals surface area contributed by atoms with E-state index in [9.17, 15) is 9.59 Å². The molecule has 1 aromatic heterocycles. The van der Waals surface area contributed by atoms with Gasteiger partial charge in [-0.15, -0.1) is 0 Å². The highest BCUT2D eigenvalue weighted by molar-refractivity contribution is 5.77. The Hall–Kier alpha value is -2.99. The van der Waals surface area contributed by atoms with E-state index in [4.69, 9.17) is 4.74 Å². The zero-order valence-electron chi connectivity index (χ0n) is 17.1. The quantitative estimate of drug-likeness (QED) is 0.564. The van der Waals surface area contributed by atoms with E-state index in [2.05, 4.69) is 4.98 Å². The van der Waals surface area contributed by atoms with Crippen molar-refractivity contribution >= 4 is 16.8 Å². The molecule has 0 spiro atoms. The Bertz CT molecular complexity index is 1050. The maximum atomic E-state index is 12.6. The lowest BCUT2D eigenvalue weighted by molar-refractivity contribution is -0.139. The van der Waals surface area contributed by atoms with Gasteiger partial charge in [-0.25, -0.2) is 4.98 Å². The number of hydrogen-bond donors (Lipinski definition) is 0. The van der Waals surface area contributed by atoms with Gasteiger partial charge in [-0.05, 0) is 30.5 Å². The molecule has 0 N–H and O–H groups in total. The summed E-state index contributed by atoms with van der Waals surface area (Å²) in [7, 11) is 0. The second-order valence-corrected chi connectivity index (χ2v) is 7.68. The Balaban J connectivity index is 1.22. The Labute approximate surface area is 176 Å². The average molecular weight is 405 g/mol. The number of morpholine rings is 1. The van der Waals surface area contributed by atoms with Gasteiger partial charge in [0.25, 0.3) is 5.56 Å². The van der Waals surface area contributed by atoms with Crippen molar-refractivity contribution in [2.24, 2.45) is 0 Å². The molecule has 3 aromatic rings. The first kappa shape index (κ1) is 20.3. The highest BCUT2D eigenvalue weighted by Gasteiger charge is 2.24. The van der Waals surface area contributed by atoms with Gasteiger partial charge in [-0.1, -0.05) is 48.9 Å². The summed E-state index contributed by atoms with van der Waals surface area (Å²) in [6, 6.07) is 17.5. The zero-order valence-corrected chi connectivity index (χ0v) is 17.1. The summed E-state index contributed by atoms with van der Waals surface area (Å²) in [5.74, 6) is 0.184. The molecule has 1 unspecified atom stereocenters. The van der Waals surface area contributed by atoms with Crippen LogP contribution in [-0.4, -0.2) is 40.1 Å². The highest BCUT2D eigenvalue weighted by atomic mass is 16.5. The van der Waals surface area contributed by atoms with Crippen molar-refractivity contribution in [2.75, 3.05) is 19.7 Å². The molecule has 1 amide bonds. The smallest absolute Gasteiger partial charge is 0.261 e. The maximum Gasteiger partial charge on any atom is 0.261 e. The summed E-state index contributed by atoms with van der Waals surface area (Å²) < 4.78 is 7.51. The molecule has 30 heavy (non-hydrogen) atoms. The van der Waals surface area contributed by atoms with Gasteiger partial charge in [0.05, 0.1) is 30.4 Å². The summed E-state index contributed by atoms with van der Waals surface area (Å²) >= 11 is 0. The van der Waals surface area contributed by atoms with E-state index in [0.717, 1.165) is 30.3 Å². The van der Waals surface area contributed by atoms with Crippen molar-refractivity contribution in [3.05, 3.63) is 76.8 Å². The molecule has 1 aliphatic rings. The van der Waals surface area contributed by atoms with Crippen molar-refractivity contribution in [1.29, 1.82) is 0 Å². The van der Waals surface area contributed by atoms with Crippen molar-refractivity contribution in [3.63, 3.8) is 0 Å². The summed E-state index contributed by atoms with van der Waals surface area (Å²) in [5, 5.41) is 0.649. The number of aryl methyl sites for hydroxylation is 1. The molecule has 6 nitrogen and oxygen atoms in total. The highest BCUT2D eigenvalue weighted by Crippen LogP contribution is 2.22. The minimum Gasteiger partial charge on any atom is -0.370 e. The Morgan fingerprint density at radius 3 is 2.70 bits per heavy atom. The summed E-state index contributed by atoms with van der Waals surface area (Å²) in [4.78, 5) is 31.4. The maximum absolute atomic E-state index is 12.6. The van der Waals surface area contributed by atoms with Crippen LogP contribution in [0.2, 0.25) is 0 Å². The molecule has 0 radical (unpaired) electrons. The van der Waals surface area contributed by atoms with Crippen molar-refractivity contribution in [1.82, 2.24) is 14.5 Å². The fourth-order valence-corrected chi connectivity index (χ4v) is 3.90. The molecule has 4 rings (SSSR count). The van der Waals surface area contributed by atoms with E-state index < -0.39 is 0 Å². The van der Waals surface area contributed by atoms with E-state index in [-0.39, 0.29) is 17.6 Å². The molecular weight excluding hydrogens is 378 g/mol. The van der Waals surface area contributed by atoms with Gasteiger partial charge in [-0.2, -0.15) is 0 Å². The van der Waals surface area contributed by atoms with Crippen LogP contribution in [0, 0.1) is 0 Å². The zero-order chi connectivity index (χ0) is 20.8. The van der Waals surface area contributed by atoms with Crippen LogP contribution in [0.1, 0.15) is 37.4 Å². The average Bonchev–Trinajstić information content (AvgIpc) is 2.81.